The average Bonchev–Trinajstić information content (AvgIpc) is 2.30. The van der Waals surface area contributed by atoms with Crippen molar-refractivity contribution in [2.24, 2.45) is 0 Å². The van der Waals surface area contributed by atoms with Gasteiger partial charge in [-0.25, -0.2) is 0 Å². The Labute approximate surface area is 107 Å². The third-order valence-corrected chi connectivity index (χ3v) is 4.57. The third-order valence-electron chi connectivity index (χ3n) is 3.02. The van der Waals surface area contributed by atoms with Crippen LogP contribution in [0.25, 0.3) is 0 Å². The summed E-state index contributed by atoms with van der Waals surface area (Å²) in [5.41, 5.74) is 1.38. The van der Waals surface area contributed by atoms with Crippen molar-refractivity contribution in [1.29, 1.82) is 0 Å². The zero-order valence-electron chi connectivity index (χ0n) is 10.8. The molecule has 1 rings (SSSR count). The van der Waals surface area contributed by atoms with Crippen LogP contribution in [0.1, 0.15) is 51.0 Å². The normalized spacial score (nSPS) is 10.4. The molecule has 1 radical (unpaired) electrons. The molecule has 0 nitrogen and oxygen atoms in total. The molecule has 0 atom stereocenters. The first-order chi connectivity index (χ1) is 7.83. The second-order valence-electron chi connectivity index (χ2n) is 4.67. The quantitative estimate of drug-likeness (QED) is 0.466. The molecule has 0 fully saturated rings. The summed E-state index contributed by atoms with van der Waals surface area (Å²) in [6.45, 7) is 4.44. The van der Waals surface area contributed by atoms with Crippen LogP contribution in [0.3, 0.4) is 0 Å². The topological polar surface area (TPSA) is 0 Å². The lowest BCUT2D eigenvalue weighted by Gasteiger charge is -2.01. The molecule has 0 aliphatic heterocycles. The van der Waals surface area contributed by atoms with E-state index in [9.17, 15) is 0 Å². The first-order valence-corrected chi connectivity index (χ1v) is 8.12. The van der Waals surface area contributed by atoms with Gasteiger partial charge in [0, 0.05) is 0 Å². The molecule has 0 aliphatic carbocycles. The molecule has 16 heavy (non-hydrogen) atoms. The van der Waals surface area contributed by atoms with Gasteiger partial charge in [-0.05, 0) is 6.92 Å². The number of unbranched alkanes of at least 4 members (excludes halogenated alkanes) is 5. The molecule has 1 heteroatoms. The van der Waals surface area contributed by atoms with Crippen molar-refractivity contribution in [2.75, 3.05) is 0 Å². The second kappa shape index (κ2) is 8.85. The molecule has 87 valence electrons. The van der Waals surface area contributed by atoms with E-state index in [1.54, 1.807) is 4.43 Å². The summed E-state index contributed by atoms with van der Waals surface area (Å²) in [4.78, 5) is 0. The molecule has 0 spiro atoms. The van der Waals surface area contributed by atoms with Crippen LogP contribution in [-0.4, -0.2) is 15.2 Å². The lowest BCUT2D eigenvalue weighted by Crippen LogP contribution is -2.12. The summed E-state index contributed by atoms with van der Waals surface area (Å²) in [6.07, 6.45) is 8.54. The Bertz CT molecular complexity index is 263. The minimum atomic E-state index is 0.523. The Morgan fingerprint density at radius 1 is 0.875 bits per heavy atom. The summed E-state index contributed by atoms with van der Waals surface area (Å²) in [7, 11) is 0. The van der Waals surface area contributed by atoms with Gasteiger partial charge >= 0.3 is 0 Å². The van der Waals surface area contributed by atoms with Crippen LogP contribution in [0.2, 0.25) is 5.28 Å². The first-order valence-electron chi connectivity index (χ1n) is 6.73. The summed E-state index contributed by atoms with van der Waals surface area (Å²) in [6, 6.07) is 9.09. The van der Waals surface area contributed by atoms with Gasteiger partial charge in [-0.15, -0.1) is 4.43 Å². The van der Waals surface area contributed by atoms with Crippen LogP contribution in [0.4, 0.5) is 0 Å². The second-order valence-corrected chi connectivity index (χ2v) is 6.32. The van der Waals surface area contributed by atoms with Crippen LogP contribution in [-0.2, 0) is 0 Å². The number of aryl methyl sites for hydroxylation is 1. The maximum Gasteiger partial charge on any atom is 0.250 e. The van der Waals surface area contributed by atoms with Gasteiger partial charge in [0.25, 0.3) is 0 Å². The molecular weight excluding hydrogens is 207 g/mol. The molecule has 0 heterocycles. The van der Waals surface area contributed by atoms with Crippen LogP contribution >= 0.6 is 0 Å². The lowest BCUT2D eigenvalue weighted by atomic mass is 10.1. The largest absolute Gasteiger partial charge is 0.250 e. The van der Waals surface area contributed by atoms with E-state index >= 15 is 0 Å². The van der Waals surface area contributed by atoms with Gasteiger partial charge in [0.05, 0.1) is 0 Å². The van der Waals surface area contributed by atoms with Gasteiger partial charge in [0.2, 0.25) is 15.2 Å². The summed E-state index contributed by atoms with van der Waals surface area (Å²) >= 11 is 0.523. The molecule has 0 saturated heterocycles. The Kier molecular flexibility index (Phi) is 7.64. The van der Waals surface area contributed by atoms with Crippen molar-refractivity contribution in [3.8, 4) is 0 Å². The average molecular weight is 231 g/mol. The smallest absolute Gasteiger partial charge is 0.124 e. The zero-order chi connectivity index (χ0) is 11.6. The molecule has 0 unspecified atom stereocenters. The van der Waals surface area contributed by atoms with E-state index in [-0.39, 0.29) is 0 Å². The molecule has 1 aromatic rings. The highest BCUT2D eigenvalue weighted by Gasteiger charge is 1.96. The molecule has 0 saturated carbocycles. The summed E-state index contributed by atoms with van der Waals surface area (Å²) in [5, 5.41) is 1.44. The lowest BCUT2D eigenvalue weighted by molar-refractivity contribution is 0.624. The van der Waals surface area contributed by atoms with E-state index in [1.807, 2.05) is 0 Å². The molecule has 0 N–H and O–H groups in total. The minimum Gasteiger partial charge on any atom is -0.124 e. The highest BCUT2D eigenvalue weighted by Crippen LogP contribution is 2.06. The van der Waals surface area contributed by atoms with Crippen molar-refractivity contribution in [1.82, 2.24) is 0 Å². The van der Waals surface area contributed by atoms with E-state index in [1.165, 1.54) is 49.4 Å². The first kappa shape index (κ1) is 13.8. The summed E-state index contributed by atoms with van der Waals surface area (Å²) in [5.74, 6) is 0. The number of hydrogen-bond acceptors (Lipinski definition) is 0. The minimum absolute atomic E-state index is 0.523. The maximum atomic E-state index is 2.31. The van der Waals surface area contributed by atoms with Crippen molar-refractivity contribution >= 4 is 19.6 Å². The van der Waals surface area contributed by atoms with Crippen LogP contribution in [0.5, 0.6) is 0 Å². The maximum absolute atomic E-state index is 2.31. The summed E-state index contributed by atoms with van der Waals surface area (Å²) < 4.78 is 1.58. The van der Waals surface area contributed by atoms with E-state index in [0.29, 0.717) is 15.2 Å². The van der Waals surface area contributed by atoms with Crippen LogP contribution < -0.4 is 4.43 Å². The van der Waals surface area contributed by atoms with E-state index in [0.717, 1.165) is 0 Å². The number of benzene rings is 1. The van der Waals surface area contributed by atoms with Gasteiger partial charge < -0.3 is 0 Å². The van der Waals surface area contributed by atoms with Crippen molar-refractivity contribution in [3.63, 3.8) is 0 Å². The Morgan fingerprint density at radius 2 is 1.50 bits per heavy atom. The standard InChI is InChI=1S/C8H17.C7H7.Al/c1-3-5-7-8-6-4-2;1-7-5-3-2-4-6-7;/h1,3-8H2,2H3;3-6H,1H3;. The van der Waals surface area contributed by atoms with Gasteiger partial charge in [-0.2, -0.15) is 0 Å². The molecule has 0 aliphatic rings. The molecule has 0 aromatic heterocycles. The Hall–Kier alpha value is -0.248. The van der Waals surface area contributed by atoms with E-state index < -0.39 is 0 Å². The van der Waals surface area contributed by atoms with Gasteiger partial charge in [0.15, 0.2) is 0 Å². The van der Waals surface area contributed by atoms with Crippen LogP contribution in [0, 0.1) is 6.92 Å². The number of rotatable bonds is 8. The van der Waals surface area contributed by atoms with Gasteiger partial charge in [-0.3, -0.25) is 0 Å². The van der Waals surface area contributed by atoms with Crippen molar-refractivity contribution in [3.05, 3.63) is 29.8 Å². The molecule has 1 aromatic carbocycles. The monoisotopic (exact) mass is 231 g/mol. The Morgan fingerprint density at radius 3 is 2.19 bits per heavy atom. The van der Waals surface area contributed by atoms with E-state index in [2.05, 4.69) is 38.1 Å². The van der Waals surface area contributed by atoms with Gasteiger partial charge in [0.1, 0.15) is 0 Å². The molecule has 0 bridgehead atoms. The van der Waals surface area contributed by atoms with Gasteiger partial charge in [-0.1, -0.05) is 80.6 Å². The van der Waals surface area contributed by atoms with Crippen molar-refractivity contribution in [2.45, 2.75) is 57.7 Å². The van der Waals surface area contributed by atoms with Crippen molar-refractivity contribution < 1.29 is 0 Å². The fourth-order valence-corrected chi connectivity index (χ4v) is 3.19. The fraction of sp³-hybridized carbons (Fsp3) is 0.600. The highest BCUT2D eigenvalue weighted by molar-refractivity contribution is 6.53. The molecular formula is C15H24Al. The van der Waals surface area contributed by atoms with Crippen LogP contribution in [0.15, 0.2) is 24.3 Å². The fourth-order valence-electron chi connectivity index (χ4n) is 1.90. The zero-order valence-corrected chi connectivity index (χ0v) is 12.0. The highest BCUT2D eigenvalue weighted by atomic mass is 27.1. The SMILES string of the molecule is CCCCCCC[CH2][Al][c]1ccc(C)cc1. The predicted molar refractivity (Wildman–Crippen MR) is 74.8 cm³/mol. The van der Waals surface area contributed by atoms with E-state index in [4.69, 9.17) is 0 Å². The molecule has 0 amide bonds. The number of hydrogen-bond donors (Lipinski definition) is 0. The third kappa shape index (κ3) is 6.36. The predicted octanol–water partition coefficient (Wildman–Crippen LogP) is 4.10. The Balaban J connectivity index is 2.01.